The van der Waals surface area contributed by atoms with Crippen molar-refractivity contribution in [2.24, 2.45) is 0 Å². The number of nitrogen functional groups attached to an aromatic ring is 1. The summed E-state index contributed by atoms with van der Waals surface area (Å²) >= 11 is 0. The molecule has 1 unspecified atom stereocenters. The van der Waals surface area contributed by atoms with Crippen molar-refractivity contribution in [3.8, 4) is 34.1 Å². The fourth-order valence-electron chi connectivity index (χ4n) is 3.52. The molecular formula is C21H25NO5. The van der Waals surface area contributed by atoms with Crippen LogP contribution < -0.4 is 24.7 Å². The van der Waals surface area contributed by atoms with Crippen LogP contribution in [-0.2, 0) is 11.3 Å². The van der Waals surface area contributed by atoms with Gasteiger partial charge >= 0.3 is 0 Å². The van der Waals surface area contributed by atoms with Gasteiger partial charge in [-0.2, -0.15) is 0 Å². The summed E-state index contributed by atoms with van der Waals surface area (Å²) in [6, 6.07) is 5.73. The molecule has 144 valence electrons. The largest absolute Gasteiger partial charge is 0.495 e. The smallest absolute Gasteiger partial charge is 0.203 e. The van der Waals surface area contributed by atoms with Crippen LogP contribution in [0, 0.1) is 0 Å². The SMILES string of the molecule is C=CCC1OCc2cc(OC)c(OC)c(OC)c2-c2cc(OC)c(N)cc21. The van der Waals surface area contributed by atoms with Crippen LogP contribution in [0.4, 0.5) is 5.69 Å². The quantitative estimate of drug-likeness (QED) is 0.608. The van der Waals surface area contributed by atoms with Gasteiger partial charge in [-0.1, -0.05) is 6.08 Å². The predicted molar refractivity (Wildman–Crippen MR) is 105 cm³/mol. The van der Waals surface area contributed by atoms with Gasteiger partial charge in [-0.3, -0.25) is 0 Å². The number of fused-ring (bicyclic) bond motifs is 3. The maximum atomic E-state index is 6.18. The Balaban J connectivity index is 2.38. The Kier molecular flexibility index (Phi) is 5.46. The molecule has 3 rings (SSSR count). The molecule has 0 radical (unpaired) electrons. The second-order valence-corrected chi connectivity index (χ2v) is 6.18. The van der Waals surface area contributed by atoms with Gasteiger partial charge in [0.1, 0.15) is 5.75 Å². The highest BCUT2D eigenvalue weighted by Gasteiger charge is 2.30. The average Bonchev–Trinajstić information content (AvgIpc) is 2.83. The summed E-state index contributed by atoms with van der Waals surface area (Å²) in [5, 5.41) is 0. The second kappa shape index (κ2) is 7.80. The molecule has 0 bridgehead atoms. The molecule has 0 fully saturated rings. The summed E-state index contributed by atoms with van der Waals surface area (Å²) < 4.78 is 28.4. The van der Waals surface area contributed by atoms with Crippen molar-refractivity contribution in [1.82, 2.24) is 0 Å². The third-order valence-electron chi connectivity index (χ3n) is 4.75. The van der Waals surface area contributed by atoms with E-state index in [1.165, 1.54) is 0 Å². The number of benzene rings is 2. The average molecular weight is 371 g/mol. The number of methoxy groups -OCH3 is 4. The molecule has 1 atom stereocenters. The molecular weight excluding hydrogens is 346 g/mol. The van der Waals surface area contributed by atoms with Crippen molar-refractivity contribution in [1.29, 1.82) is 0 Å². The zero-order chi connectivity index (χ0) is 19.6. The maximum Gasteiger partial charge on any atom is 0.203 e. The molecule has 27 heavy (non-hydrogen) atoms. The van der Waals surface area contributed by atoms with Crippen LogP contribution >= 0.6 is 0 Å². The van der Waals surface area contributed by atoms with E-state index in [2.05, 4.69) is 6.58 Å². The molecule has 2 N–H and O–H groups in total. The van der Waals surface area contributed by atoms with Crippen LogP contribution in [0.3, 0.4) is 0 Å². The molecule has 2 aromatic rings. The van der Waals surface area contributed by atoms with Gasteiger partial charge in [0, 0.05) is 5.56 Å². The summed E-state index contributed by atoms with van der Waals surface area (Å²) in [6.45, 7) is 4.24. The van der Waals surface area contributed by atoms with E-state index >= 15 is 0 Å². The van der Waals surface area contributed by atoms with Crippen LogP contribution in [0.2, 0.25) is 0 Å². The van der Waals surface area contributed by atoms with Gasteiger partial charge in [-0.05, 0) is 41.3 Å². The van der Waals surface area contributed by atoms with Crippen molar-refractivity contribution in [2.75, 3.05) is 34.2 Å². The van der Waals surface area contributed by atoms with E-state index in [0.717, 1.165) is 22.3 Å². The van der Waals surface area contributed by atoms with Gasteiger partial charge in [-0.25, -0.2) is 0 Å². The number of ether oxygens (including phenoxy) is 5. The van der Waals surface area contributed by atoms with Gasteiger partial charge < -0.3 is 29.4 Å². The van der Waals surface area contributed by atoms with Gasteiger partial charge in [0.2, 0.25) is 5.75 Å². The van der Waals surface area contributed by atoms with Crippen molar-refractivity contribution < 1.29 is 23.7 Å². The number of anilines is 1. The Morgan fingerprint density at radius 1 is 1.04 bits per heavy atom. The van der Waals surface area contributed by atoms with E-state index in [1.54, 1.807) is 28.4 Å². The van der Waals surface area contributed by atoms with Crippen molar-refractivity contribution in [3.05, 3.63) is 42.0 Å². The first kappa shape index (κ1) is 18.9. The molecule has 1 aliphatic rings. The monoisotopic (exact) mass is 371 g/mol. The highest BCUT2D eigenvalue weighted by Crippen LogP contribution is 2.51. The molecule has 1 heterocycles. The highest BCUT2D eigenvalue weighted by molar-refractivity contribution is 5.84. The molecule has 0 saturated heterocycles. The van der Waals surface area contributed by atoms with Crippen molar-refractivity contribution in [3.63, 3.8) is 0 Å². The molecule has 0 aliphatic carbocycles. The van der Waals surface area contributed by atoms with Crippen LogP contribution in [0.5, 0.6) is 23.0 Å². The van der Waals surface area contributed by atoms with Gasteiger partial charge in [0.15, 0.2) is 11.5 Å². The van der Waals surface area contributed by atoms with Crippen LogP contribution in [0.1, 0.15) is 23.7 Å². The van der Waals surface area contributed by atoms with E-state index in [9.17, 15) is 0 Å². The first-order valence-electron chi connectivity index (χ1n) is 8.61. The minimum atomic E-state index is -0.181. The molecule has 1 aliphatic heterocycles. The first-order chi connectivity index (χ1) is 13.1. The van der Waals surface area contributed by atoms with Gasteiger partial charge in [0.25, 0.3) is 0 Å². The molecule has 0 amide bonds. The fraction of sp³-hybridized carbons (Fsp3) is 0.333. The van der Waals surface area contributed by atoms with Gasteiger partial charge in [-0.15, -0.1) is 6.58 Å². The van der Waals surface area contributed by atoms with E-state index in [-0.39, 0.29) is 6.10 Å². The van der Waals surface area contributed by atoms with E-state index in [1.807, 2.05) is 24.3 Å². The van der Waals surface area contributed by atoms with E-state index in [0.29, 0.717) is 41.7 Å². The maximum absolute atomic E-state index is 6.18. The molecule has 0 saturated carbocycles. The summed E-state index contributed by atoms with van der Waals surface area (Å²) in [4.78, 5) is 0. The van der Waals surface area contributed by atoms with Crippen LogP contribution in [0.25, 0.3) is 11.1 Å². The summed E-state index contributed by atoms with van der Waals surface area (Å²) in [7, 11) is 6.39. The molecule has 2 aromatic carbocycles. The minimum absolute atomic E-state index is 0.181. The van der Waals surface area contributed by atoms with Crippen molar-refractivity contribution >= 4 is 5.69 Å². The zero-order valence-corrected chi connectivity index (χ0v) is 16.1. The Labute approximate surface area is 159 Å². The Bertz CT molecular complexity index is 862. The lowest BCUT2D eigenvalue weighted by Gasteiger charge is -2.20. The summed E-state index contributed by atoms with van der Waals surface area (Å²) in [6.07, 6.45) is 2.31. The number of rotatable bonds is 6. The summed E-state index contributed by atoms with van der Waals surface area (Å²) in [5.74, 6) is 2.30. The number of nitrogens with two attached hydrogens (primary N) is 1. The highest BCUT2D eigenvalue weighted by atomic mass is 16.5. The first-order valence-corrected chi connectivity index (χ1v) is 8.61. The lowest BCUT2D eigenvalue weighted by Crippen LogP contribution is -2.04. The Hall–Kier alpha value is -2.86. The normalized spacial score (nSPS) is 15.2. The van der Waals surface area contributed by atoms with Crippen molar-refractivity contribution in [2.45, 2.75) is 19.1 Å². The number of hydrogen-bond acceptors (Lipinski definition) is 6. The van der Waals surface area contributed by atoms with E-state index in [4.69, 9.17) is 29.4 Å². The van der Waals surface area contributed by atoms with Crippen LogP contribution in [0.15, 0.2) is 30.9 Å². The fourth-order valence-corrected chi connectivity index (χ4v) is 3.52. The third kappa shape index (κ3) is 3.17. The molecule has 6 heteroatoms. The predicted octanol–water partition coefficient (Wildman–Crippen LogP) is 4.12. The zero-order valence-electron chi connectivity index (χ0n) is 16.1. The second-order valence-electron chi connectivity index (χ2n) is 6.18. The Morgan fingerprint density at radius 3 is 2.33 bits per heavy atom. The lowest BCUT2D eigenvalue weighted by atomic mass is 9.91. The minimum Gasteiger partial charge on any atom is -0.495 e. The Morgan fingerprint density at radius 2 is 1.74 bits per heavy atom. The number of hydrogen-bond donors (Lipinski definition) is 1. The molecule has 0 aromatic heterocycles. The standard InChI is InChI=1S/C21H25NO5/c1-6-7-16-13-9-15(22)17(23-2)10-14(13)19-12(11-27-16)8-18(24-3)20(25-4)21(19)26-5/h6,8-10,16H,1,7,11,22H2,2-5H3. The summed E-state index contributed by atoms with van der Waals surface area (Å²) in [5.41, 5.74) is 10.4. The topological polar surface area (TPSA) is 72.2 Å². The lowest BCUT2D eigenvalue weighted by molar-refractivity contribution is 0.0441. The molecule has 0 spiro atoms. The molecule has 6 nitrogen and oxygen atoms in total. The van der Waals surface area contributed by atoms with E-state index < -0.39 is 0 Å². The van der Waals surface area contributed by atoms with Gasteiger partial charge in [0.05, 0.1) is 46.8 Å². The third-order valence-corrected chi connectivity index (χ3v) is 4.75. The van der Waals surface area contributed by atoms with Crippen LogP contribution in [-0.4, -0.2) is 28.4 Å².